The fraction of sp³-hybridized carbons (Fsp3) is 0.329. The van der Waals surface area contributed by atoms with Gasteiger partial charge in [0.1, 0.15) is 28.8 Å². The molecular weight excluding hydrogens is 1830 g/mol. The summed E-state index contributed by atoms with van der Waals surface area (Å²) in [5.41, 5.74) is -5.54. The van der Waals surface area contributed by atoms with E-state index in [1.54, 1.807) is 0 Å². The van der Waals surface area contributed by atoms with Gasteiger partial charge >= 0.3 is 24.7 Å². The first-order valence-corrected chi connectivity index (χ1v) is 44.6. The van der Waals surface area contributed by atoms with Gasteiger partial charge in [0.05, 0.1) is 123 Å². The molecule has 694 valence electrons. The lowest BCUT2D eigenvalue weighted by Gasteiger charge is -2.38. The number of carbonyl (C=O) groups is 1. The summed E-state index contributed by atoms with van der Waals surface area (Å²) in [6.07, 6.45) is -30.4. The highest BCUT2D eigenvalue weighted by Crippen LogP contribution is 2.46. The molecular formula is C79H77F20N13O12S4. The maximum absolute atomic E-state index is 13.8. The number of nitrogens with one attached hydrogen (secondary N) is 4. The first kappa shape index (κ1) is 100. The van der Waals surface area contributed by atoms with E-state index in [1.165, 1.54) is 112 Å². The molecule has 12 rings (SSSR count). The number of sulfonamides is 4. The highest BCUT2D eigenvalue weighted by Gasteiger charge is 2.51. The Morgan fingerprint density at radius 2 is 0.633 bits per heavy atom. The number of alkyl halides is 20. The number of fused-ring (bicyclic) bond motifs is 4. The van der Waals surface area contributed by atoms with Gasteiger partial charge in [-0.2, -0.15) is 73.1 Å². The number of carbonyl (C=O) groups excluding carboxylic acids is 1. The Hall–Kier alpha value is -11.4. The van der Waals surface area contributed by atoms with Gasteiger partial charge in [-0.15, -0.1) is 0 Å². The van der Waals surface area contributed by atoms with Crippen molar-refractivity contribution in [2.24, 2.45) is 5.73 Å². The standard InChI is InChI=1S/C21H22F5N3O3S.C20H20F5N3O3S.C19H17F5N4O3S.C19H18F5N3O3S/c1-3-20(18(30)19(22)23,13-8-10-14(11-9-13)21(24,25)26)29-17-7-5-6-16(15(17)12-27-29)28-33(31,32)4-2;1-3-19(17(29)18(21)22,12-7-9-13(10-8-12)20(23,24)25)28-16-6-4-5-15(14(16)11-26-28)27-32(2,30)31;1-32(30,31)27-14-3-2-4-15-13(14)10-26-28(15)18(17(25)29,9-16(20)21)11-5-7-12(8-6-11)19(22,23)24;1-31(29,30)26-15-3-2-4-16-14(15)10-25-27(16)18(11-28,9-17(20)21)12-5-7-13(8-6-12)19(22,23)24/h5-12,18-19,28,30H,3-4H2,1-2H3;4-11,17-18,27,29H,3H2,1-2H3;2-8,10,16,27H,9H2,1H3,(H2,25,29);2-8,10,17,26,28H,9,11H2,1H3. The minimum absolute atomic E-state index is 0.00431. The van der Waals surface area contributed by atoms with Crippen LogP contribution in [-0.2, 0) is 91.7 Å². The summed E-state index contributed by atoms with van der Waals surface area (Å²) in [7, 11) is -14.7. The van der Waals surface area contributed by atoms with Crippen molar-refractivity contribution >= 4 is 112 Å². The smallest absolute Gasteiger partial charge is 0.393 e. The maximum Gasteiger partial charge on any atom is 0.416 e. The van der Waals surface area contributed by atoms with Gasteiger partial charge in [-0.3, -0.25) is 37.7 Å². The molecule has 4 aromatic heterocycles. The zero-order valence-electron chi connectivity index (χ0n) is 67.0. The normalized spacial score (nSPS) is 15.1. The van der Waals surface area contributed by atoms with Gasteiger partial charge in [0.15, 0.2) is 5.54 Å². The molecule has 12 aromatic rings. The van der Waals surface area contributed by atoms with E-state index in [4.69, 9.17) is 5.73 Å². The molecule has 1 amide bonds. The van der Waals surface area contributed by atoms with E-state index < -0.39 is 172 Å². The Balaban J connectivity index is 0.000000193. The number of aliphatic hydroxyl groups excluding tert-OH is 3. The maximum atomic E-state index is 13.8. The van der Waals surface area contributed by atoms with Gasteiger partial charge in [0.25, 0.3) is 12.9 Å². The molecule has 0 radical (unpaired) electrons. The quantitative estimate of drug-likeness (QED) is 0.0202. The van der Waals surface area contributed by atoms with E-state index in [1.807, 2.05) is 0 Å². The summed E-state index contributed by atoms with van der Waals surface area (Å²) in [5, 5.41) is 48.7. The molecule has 0 saturated carbocycles. The van der Waals surface area contributed by atoms with Crippen molar-refractivity contribution in [3.05, 3.63) is 239 Å². The van der Waals surface area contributed by atoms with Crippen LogP contribution in [0.25, 0.3) is 43.6 Å². The van der Waals surface area contributed by atoms with Crippen LogP contribution in [0.5, 0.6) is 0 Å². The van der Waals surface area contributed by atoms with Gasteiger partial charge in [0, 0.05) is 34.4 Å². The third-order valence-corrected chi connectivity index (χ3v) is 23.6. The highest BCUT2D eigenvalue weighted by atomic mass is 32.2. The van der Waals surface area contributed by atoms with Crippen molar-refractivity contribution in [1.82, 2.24) is 39.1 Å². The van der Waals surface area contributed by atoms with Crippen LogP contribution in [0.15, 0.2) is 195 Å². The van der Waals surface area contributed by atoms with Crippen LogP contribution < -0.4 is 24.6 Å². The molecule has 49 heteroatoms. The number of aliphatic hydroxyl groups is 3. The summed E-state index contributed by atoms with van der Waals surface area (Å²) in [6.45, 7) is 3.55. The zero-order valence-corrected chi connectivity index (χ0v) is 70.3. The van der Waals surface area contributed by atoms with E-state index in [-0.39, 0.29) is 107 Å². The van der Waals surface area contributed by atoms with E-state index in [0.717, 1.165) is 129 Å². The number of primary amides is 1. The third-order valence-electron chi connectivity index (χ3n) is 20.5. The molecule has 6 atom stereocenters. The highest BCUT2D eigenvalue weighted by molar-refractivity contribution is 7.93. The molecule has 25 nitrogen and oxygen atoms in total. The molecule has 0 fully saturated rings. The third kappa shape index (κ3) is 21.8. The Kier molecular flexibility index (Phi) is 29.9. The van der Waals surface area contributed by atoms with Gasteiger partial charge in [0.2, 0.25) is 58.9 Å². The van der Waals surface area contributed by atoms with E-state index >= 15 is 0 Å². The Bertz CT molecular complexity index is 6410. The number of rotatable bonds is 29. The fourth-order valence-corrected chi connectivity index (χ4v) is 17.0. The minimum Gasteiger partial charge on any atom is -0.393 e. The SMILES string of the molecule is CCC(c1ccc(C(F)(F)F)cc1)(C(O)C(F)F)n1ncc2c(NS(=O)(=O)CC)cccc21.CCC(c1ccc(C(F)(F)F)cc1)(C(O)C(F)F)n1ncc2c(NS(C)(=O)=O)cccc21.CS(=O)(=O)Nc1cccc2c1cnn2C(CC(F)F)(C(N)=O)c1ccc(C(F)(F)F)cc1.CS(=O)(=O)Nc1cccc2c1cnn2C(CO)(CC(F)F)c1ccc(C(F)(F)F)cc1. The van der Waals surface area contributed by atoms with Crippen molar-refractivity contribution in [2.45, 2.75) is 131 Å². The molecule has 0 bridgehead atoms. The van der Waals surface area contributed by atoms with Crippen LogP contribution in [0, 0.1) is 0 Å². The average molecular weight is 1910 g/mol. The van der Waals surface area contributed by atoms with Crippen molar-refractivity contribution in [3.8, 4) is 0 Å². The summed E-state index contributed by atoms with van der Waals surface area (Å²) in [6, 6.07) is 31.2. The van der Waals surface area contributed by atoms with Crippen LogP contribution in [0.1, 0.15) is 91.0 Å². The van der Waals surface area contributed by atoms with Crippen LogP contribution >= 0.6 is 0 Å². The van der Waals surface area contributed by atoms with Gasteiger partial charge in [-0.05, 0) is 139 Å². The zero-order chi connectivity index (χ0) is 95.4. The Morgan fingerprint density at radius 3 is 0.891 bits per heavy atom. The van der Waals surface area contributed by atoms with Crippen molar-refractivity contribution < 1.29 is 142 Å². The number of amides is 1. The van der Waals surface area contributed by atoms with E-state index in [0.29, 0.717) is 12.1 Å². The van der Waals surface area contributed by atoms with E-state index in [2.05, 4.69) is 39.3 Å². The fourth-order valence-electron chi connectivity index (χ4n) is 14.6. The Morgan fingerprint density at radius 1 is 0.375 bits per heavy atom. The lowest BCUT2D eigenvalue weighted by molar-refractivity contribution is -0.138. The second-order valence-electron chi connectivity index (χ2n) is 28.8. The first-order chi connectivity index (χ1) is 59.3. The number of hydrogen-bond acceptors (Lipinski definition) is 16. The minimum atomic E-state index is -4.68. The summed E-state index contributed by atoms with van der Waals surface area (Å²) in [5.74, 6) is -1.48. The largest absolute Gasteiger partial charge is 0.416 e. The predicted molar refractivity (Wildman–Crippen MR) is 434 cm³/mol. The molecule has 0 aliphatic rings. The number of anilines is 4. The van der Waals surface area contributed by atoms with Crippen LogP contribution in [0.3, 0.4) is 0 Å². The van der Waals surface area contributed by atoms with Gasteiger partial charge < -0.3 is 21.1 Å². The van der Waals surface area contributed by atoms with Crippen molar-refractivity contribution in [2.75, 3.05) is 50.0 Å². The van der Waals surface area contributed by atoms with Crippen LogP contribution in [-0.4, -0.2) is 163 Å². The van der Waals surface area contributed by atoms with Gasteiger partial charge in [-0.25, -0.2) is 73.5 Å². The molecule has 4 heterocycles. The van der Waals surface area contributed by atoms with Crippen molar-refractivity contribution in [3.63, 3.8) is 0 Å². The summed E-state index contributed by atoms with van der Waals surface area (Å²) >= 11 is 0. The lowest BCUT2D eigenvalue weighted by atomic mass is 9.81. The molecule has 9 N–H and O–H groups in total. The summed E-state index contributed by atoms with van der Waals surface area (Å²) < 4.78 is 373. The van der Waals surface area contributed by atoms with E-state index in [9.17, 15) is 142 Å². The number of hydrogen-bond donors (Lipinski definition) is 8. The topological polar surface area (TPSA) is 360 Å². The second-order valence-corrected chi connectivity index (χ2v) is 36.1. The number of benzene rings is 8. The van der Waals surface area contributed by atoms with Crippen LogP contribution in [0.2, 0.25) is 0 Å². The molecule has 0 saturated heterocycles. The number of halogens is 20. The molecule has 0 aliphatic carbocycles. The molecule has 6 unspecified atom stereocenters. The Labute approximate surface area is 715 Å². The average Bonchev–Trinajstić information content (AvgIpc) is 1.55. The number of nitrogens with two attached hydrogens (primary N) is 1. The molecule has 0 aliphatic heterocycles. The number of nitrogens with zero attached hydrogens (tertiary/aromatic N) is 8. The monoisotopic (exact) mass is 1910 g/mol. The molecule has 0 spiro atoms. The first-order valence-electron chi connectivity index (χ1n) is 37.2. The molecule has 128 heavy (non-hydrogen) atoms. The predicted octanol–water partition coefficient (Wildman–Crippen LogP) is 15.9. The van der Waals surface area contributed by atoms with Gasteiger partial charge in [-0.1, -0.05) is 86.6 Å². The van der Waals surface area contributed by atoms with Crippen LogP contribution in [0.4, 0.5) is 111 Å². The summed E-state index contributed by atoms with van der Waals surface area (Å²) in [4.78, 5) is 12.6. The lowest BCUT2D eigenvalue weighted by Crippen LogP contribution is -2.49. The second kappa shape index (κ2) is 38.1. The molecule has 8 aromatic carbocycles. The van der Waals surface area contributed by atoms with Crippen molar-refractivity contribution in [1.29, 1.82) is 0 Å². The number of aromatic nitrogens is 8.